The fourth-order valence-corrected chi connectivity index (χ4v) is 3.75. The minimum Gasteiger partial charge on any atom is -0.489 e. The summed E-state index contributed by atoms with van der Waals surface area (Å²) in [6, 6.07) is 24.8. The smallest absolute Gasteiger partial charge is 0.258 e. The molecule has 1 heterocycles. The Balaban J connectivity index is 1.42. The van der Waals surface area contributed by atoms with E-state index in [9.17, 15) is 4.79 Å². The van der Waals surface area contributed by atoms with Gasteiger partial charge in [-0.05, 0) is 66.9 Å². The van der Waals surface area contributed by atoms with Crippen LogP contribution in [0.25, 0.3) is 0 Å². The van der Waals surface area contributed by atoms with Crippen molar-refractivity contribution in [3.8, 4) is 5.75 Å². The summed E-state index contributed by atoms with van der Waals surface area (Å²) in [7, 11) is 1.78. The van der Waals surface area contributed by atoms with Gasteiger partial charge < -0.3 is 14.2 Å². The van der Waals surface area contributed by atoms with Gasteiger partial charge in [-0.1, -0.05) is 41.9 Å². The minimum absolute atomic E-state index is 0.0376. The molecule has 4 rings (SSSR count). The second kappa shape index (κ2) is 10.8. The third-order valence-electron chi connectivity index (χ3n) is 5.49. The maximum absolute atomic E-state index is 12.7. The molecule has 0 bridgehead atoms. The first-order valence-electron chi connectivity index (χ1n) is 10.9. The molecule has 0 radical (unpaired) electrons. The van der Waals surface area contributed by atoms with Crippen molar-refractivity contribution in [1.82, 2.24) is 9.55 Å². The lowest BCUT2D eigenvalue weighted by atomic mass is 10.1. The zero-order valence-corrected chi connectivity index (χ0v) is 19.2. The first-order chi connectivity index (χ1) is 16.1. The summed E-state index contributed by atoms with van der Waals surface area (Å²) in [6.45, 7) is 0.696. The topological polar surface area (TPSA) is 47.4 Å². The second-order valence-corrected chi connectivity index (χ2v) is 8.33. The third kappa shape index (κ3) is 6.24. The normalized spacial score (nSPS) is 11.7. The second-order valence-electron chi connectivity index (χ2n) is 7.89. The number of halogens is 1. The van der Waals surface area contributed by atoms with Crippen molar-refractivity contribution in [3.05, 3.63) is 114 Å². The van der Waals surface area contributed by atoms with E-state index in [0.717, 1.165) is 29.3 Å². The Hall–Kier alpha value is -3.57. The fourth-order valence-electron chi connectivity index (χ4n) is 3.63. The number of ether oxygens (including phenoxy) is 1. The van der Waals surface area contributed by atoms with Gasteiger partial charge in [0.2, 0.25) is 0 Å². The molecule has 0 fully saturated rings. The molecular weight excluding hydrogens is 434 g/mol. The average Bonchev–Trinajstić information content (AvgIpc) is 3.37. The lowest BCUT2D eigenvalue weighted by molar-refractivity contribution is 0.0993. The Kier molecular flexibility index (Phi) is 7.43. The monoisotopic (exact) mass is 459 g/mol. The number of carbonyl (C=O) groups is 1. The molecule has 0 N–H and O–H groups in total. The maximum Gasteiger partial charge on any atom is 0.258 e. The van der Waals surface area contributed by atoms with E-state index < -0.39 is 0 Å². The molecule has 1 amide bonds. The molecule has 0 aliphatic heterocycles. The highest BCUT2D eigenvalue weighted by atomic mass is 35.5. The van der Waals surface area contributed by atoms with E-state index in [1.165, 1.54) is 5.56 Å². The van der Waals surface area contributed by atoms with Gasteiger partial charge in [-0.15, -0.1) is 0 Å². The third-order valence-corrected chi connectivity index (χ3v) is 5.75. The molecule has 6 heteroatoms. The van der Waals surface area contributed by atoms with Crippen LogP contribution in [-0.4, -0.2) is 28.6 Å². The summed E-state index contributed by atoms with van der Waals surface area (Å²) in [6.07, 6.45) is 7.18. The molecule has 0 aliphatic rings. The fraction of sp³-hybridized carbons (Fsp3) is 0.185. The number of benzene rings is 3. The molecule has 1 aromatic heterocycles. The van der Waals surface area contributed by atoms with Crippen LogP contribution in [0, 0.1) is 0 Å². The van der Waals surface area contributed by atoms with Crippen LogP contribution in [0.2, 0.25) is 5.02 Å². The number of aromatic nitrogens is 2. The van der Waals surface area contributed by atoms with Gasteiger partial charge in [0.15, 0.2) is 0 Å². The van der Waals surface area contributed by atoms with Crippen LogP contribution in [0.1, 0.15) is 22.3 Å². The number of carbonyl (C=O) groups excluding carboxylic acids is 1. The Morgan fingerprint density at radius 3 is 2.42 bits per heavy atom. The van der Waals surface area contributed by atoms with Crippen LogP contribution in [-0.2, 0) is 13.0 Å². The van der Waals surface area contributed by atoms with Crippen LogP contribution < -0.4 is 9.64 Å². The van der Waals surface area contributed by atoms with Crippen LogP contribution >= 0.6 is 11.6 Å². The Morgan fingerprint density at radius 2 is 1.76 bits per heavy atom. The summed E-state index contributed by atoms with van der Waals surface area (Å²) in [4.78, 5) is 18.5. The Labute approximate surface area is 199 Å². The standard InChI is InChI=1S/C27H26ClN3O2/c1-30(27(32)22-5-3-2-4-6-22)24-12-15-25(16-13-24)33-26(19-31-18-17-29-20-31)14-9-21-7-10-23(28)11-8-21/h2-8,10-13,15-18,20,26H,9,14,19H2,1H3. The number of anilines is 1. The van der Waals surface area contributed by atoms with E-state index in [0.29, 0.717) is 12.1 Å². The summed E-state index contributed by atoms with van der Waals surface area (Å²) < 4.78 is 8.36. The molecular formula is C27H26ClN3O2. The SMILES string of the molecule is CN(C(=O)c1ccccc1)c1ccc(OC(CCc2ccc(Cl)cc2)Cn2ccnc2)cc1. The predicted molar refractivity (Wildman–Crippen MR) is 132 cm³/mol. The molecule has 3 aromatic carbocycles. The highest BCUT2D eigenvalue weighted by Crippen LogP contribution is 2.23. The number of imidazole rings is 1. The molecule has 4 aromatic rings. The highest BCUT2D eigenvalue weighted by Gasteiger charge is 2.15. The number of aryl methyl sites for hydroxylation is 1. The zero-order valence-electron chi connectivity index (χ0n) is 18.5. The van der Waals surface area contributed by atoms with E-state index >= 15 is 0 Å². The van der Waals surface area contributed by atoms with Crippen molar-refractivity contribution < 1.29 is 9.53 Å². The van der Waals surface area contributed by atoms with Crippen LogP contribution in [0.4, 0.5) is 5.69 Å². The van der Waals surface area contributed by atoms with Crippen LogP contribution in [0.15, 0.2) is 97.6 Å². The molecule has 5 nitrogen and oxygen atoms in total. The van der Waals surface area contributed by atoms with Gasteiger partial charge in [0.25, 0.3) is 5.91 Å². The summed E-state index contributed by atoms with van der Waals surface area (Å²) >= 11 is 6.01. The Bertz CT molecular complexity index is 1140. The number of hydrogen-bond donors (Lipinski definition) is 0. The molecule has 1 unspecified atom stereocenters. The summed E-state index contributed by atoms with van der Waals surface area (Å²) in [5.41, 5.74) is 2.68. The van der Waals surface area contributed by atoms with Gasteiger partial charge in [-0.2, -0.15) is 0 Å². The summed E-state index contributed by atoms with van der Waals surface area (Å²) in [5, 5.41) is 0.737. The van der Waals surface area contributed by atoms with Gasteiger partial charge in [0.1, 0.15) is 11.9 Å². The predicted octanol–water partition coefficient (Wildman–Crippen LogP) is 5.89. The van der Waals surface area contributed by atoms with E-state index in [2.05, 4.69) is 4.98 Å². The largest absolute Gasteiger partial charge is 0.489 e. The molecule has 0 aliphatic carbocycles. The molecule has 0 spiro atoms. The lowest BCUT2D eigenvalue weighted by Crippen LogP contribution is -2.26. The number of nitrogens with zero attached hydrogens (tertiary/aromatic N) is 3. The lowest BCUT2D eigenvalue weighted by Gasteiger charge is -2.21. The molecule has 168 valence electrons. The first kappa shape index (κ1) is 22.6. The molecule has 33 heavy (non-hydrogen) atoms. The highest BCUT2D eigenvalue weighted by molar-refractivity contribution is 6.30. The maximum atomic E-state index is 12.7. The van der Waals surface area contributed by atoms with Crippen molar-refractivity contribution in [2.24, 2.45) is 0 Å². The summed E-state index contributed by atoms with van der Waals surface area (Å²) in [5.74, 6) is 0.714. The Morgan fingerprint density at radius 1 is 1.03 bits per heavy atom. The van der Waals surface area contributed by atoms with Gasteiger partial charge in [0.05, 0.1) is 12.9 Å². The zero-order chi connectivity index (χ0) is 23.0. The van der Waals surface area contributed by atoms with Gasteiger partial charge in [0, 0.05) is 35.7 Å². The van der Waals surface area contributed by atoms with Gasteiger partial charge in [-0.3, -0.25) is 4.79 Å². The van der Waals surface area contributed by atoms with Gasteiger partial charge >= 0.3 is 0 Å². The van der Waals surface area contributed by atoms with Crippen molar-refractivity contribution in [3.63, 3.8) is 0 Å². The van der Waals surface area contributed by atoms with Crippen molar-refractivity contribution in [2.75, 3.05) is 11.9 Å². The van der Waals surface area contributed by atoms with Crippen molar-refractivity contribution in [1.29, 1.82) is 0 Å². The van der Waals surface area contributed by atoms with E-state index in [4.69, 9.17) is 16.3 Å². The quantitative estimate of drug-likeness (QED) is 0.313. The molecule has 0 saturated heterocycles. The van der Waals surface area contributed by atoms with E-state index in [-0.39, 0.29) is 12.0 Å². The molecule has 1 atom stereocenters. The van der Waals surface area contributed by atoms with E-state index in [1.807, 2.05) is 89.6 Å². The number of amides is 1. The minimum atomic E-state index is -0.0507. The van der Waals surface area contributed by atoms with Crippen LogP contribution in [0.5, 0.6) is 5.75 Å². The molecule has 0 saturated carbocycles. The van der Waals surface area contributed by atoms with Gasteiger partial charge in [-0.25, -0.2) is 4.98 Å². The van der Waals surface area contributed by atoms with E-state index in [1.54, 1.807) is 24.5 Å². The van der Waals surface area contributed by atoms with Crippen molar-refractivity contribution in [2.45, 2.75) is 25.5 Å². The van der Waals surface area contributed by atoms with Crippen molar-refractivity contribution >= 4 is 23.2 Å². The van der Waals surface area contributed by atoms with Crippen LogP contribution in [0.3, 0.4) is 0 Å². The number of rotatable bonds is 9. The average molecular weight is 460 g/mol. The first-order valence-corrected chi connectivity index (χ1v) is 11.3. The number of hydrogen-bond acceptors (Lipinski definition) is 3.